The van der Waals surface area contributed by atoms with Crippen LogP contribution in [-0.2, 0) is 14.8 Å². The van der Waals surface area contributed by atoms with E-state index in [0.29, 0.717) is 5.69 Å². The maximum atomic E-state index is 12.6. The van der Waals surface area contributed by atoms with Crippen LogP contribution < -0.4 is 10.5 Å². The highest BCUT2D eigenvalue weighted by Gasteiger charge is 2.44. The number of sulfonamides is 1. The predicted molar refractivity (Wildman–Crippen MR) is 101 cm³/mol. The van der Waals surface area contributed by atoms with E-state index in [9.17, 15) is 13.2 Å². The van der Waals surface area contributed by atoms with E-state index in [-0.39, 0.29) is 22.6 Å². The summed E-state index contributed by atoms with van der Waals surface area (Å²) >= 11 is 3.44. The van der Waals surface area contributed by atoms with Gasteiger partial charge in [0.05, 0.1) is 4.90 Å². The molecule has 7 heteroatoms. The van der Waals surface area contributed by atoms with Crippen molar-refractivity contribution in [2.24, 2.45) is 11.1 Å². The minimum absolute atomic E-state index is 0.00485. The maximum Gasteiger partial charge on any atom is 0.238 e. The number of hydrogen-bond acceptors (Lipinski definition) is 3. The molecule has 1 amide bonds. The molecule has 5 nitrogen and oxygen atoms in total. The molecule has 0 saturated heterocycles. The minimum atomic E-state index is -3.82. The third-order valence-electron chi connectivity index (χ3n) is 4.63. The molecule has 0 heterocycles. The molecular weight excluding hydrogens is 404 g/mol. The molecule has 2 aromatic rings. The zero-order valence-corrected chi connectivity index (χ0v) is 16.3. The Bertz CT molecular complexity index is 957. The lowest BCUT2D eigenvalue weighted by Gasteiger charge is -2.13. The zero-order chi connectivity index (χ0) is 18.4. The molecule has 0 bridgehead atoms. The predicted octanol–water partition coefficient (Wildman–Crippen LogP) is 3.46. The molecule has 0 aliphatic heterocycles. The van der Waals surface area contributed by atoms with Crippen molar-refractivity contribution in [1.82, 2.24) is 0 Å². The van der Waals surface area contributed by atoms with Gasteiger partial charge in [0.15, 0.2) is 0 Å². The quantitative estimate of drug-likeness (QED) is 0.790. The average molecular weight is 423 g/mol. The van der Waals surface area contributed by atoms with Gasteiger partial charge in [-0.15, -0.1) is 0 Å². The topological polar surface area (TPSA) is 89.3 Å². The van der Waals surface area contributed by atoms with E-state index in [4.69, 9.17) is 5.14 Å². The third-order valence-corrected chi connectivity index (χ3v) is 6.02. The van der Waals surface area contributed by atoms with Gasteiger partial charge in [-0.2, -0.15) is 0 Å². The van der Waals surface area contributed by atoms with Crippen molar-refractivity contribution in [3.8, 4) is 0 Å². The van der Waals surface area contributed by atoms with Crippen LogP contribution in [0, 0.1) is 19.8 Å². The van der Waals surface area contributed by atoms with Crippen molar-refractivity contribution in [3.63, 3.8) is 0 Å². The molecule has 0 radical (unpaired) electrons. The monoisotopic (exact) mass is 422 g/mol. The Morgan fingerprint density at radius 1 is 1.24 bits per heavy atom. The number of amides is 1. The molecule has 0 aromatic heterocycles. The van der Waals surface area contributed by atoms with Crippen LogP contribution in [-0.4, -0.2) is 14.3 Å². The molecule has 0 spiro atoms. The lowest BCUT2D eigenvalue weighted by atomic mass is 10.1. The SMILES string of the molecule is Cc1cc(S(N)(=O)=O)cc(NC(=O)C2CC2c2cccc(Br)c2)c1C. The van der Waals surface area contributed by atoms with Gasteiger partial charge in [0.2, 0.25) is 15.9 Å². The summed E-state index contributed by atoms with van der Waals surface area (Å²) in [6.07, 6.45) is 0.787. The zero-order valence-electron chi connectivity index (χ0n) is 13.9. The van der Waals surface area contributed by atoms with Gasteiger partial charge < -0.3 is 5.32 Å². The molecule has 25 heavy (non-hydrogen) atoms. The van der Waals surface area contributed by atoms with E-state index >= 15 is 0 Å². The Hall–Kier alpha value is -1.70. The fourth-order valence-electron chi connectivity index (χ4n) is 2.94. The second kappa shape index (κ2) is 6.55. The summed E-state index contributed by atoms with van der Waals surface area (Å²) in [5, 5.41) is 8.08. The van der Waals surface area contributed by atoms with Gasteiger partial charge in [-0.25, -0.2) is 13.6 Å². The lowest BCUT2D eigenvalue weighted by Crippen LogP contribution is -2.18. The molecule has 3 rings (SSSR count). The first-order chi connectivity index (χ1) is 11.7. The second-order valence-electron chi connectivity index (χ2n) is 6.45. The Kier molecular flexibility index (Phi) is 4.74. The number of nitrogens with one attached hydrogen (secondary N) is 1. The molecular formula is C18H19BrN2O3S. The normalized spacial score (nSPS) is 19.5. The Morgan fingerprint density at radius 2 is 1.96 bits per heavy atom. The van der Waals surface area contributed by atoms with Gasteiger partial charge in [-0.1, -0.05) is 28.1 Å². The van der Waals surface area contributed by atoms with Crippen LogP contribution in [0.3, 0.4) is 0 Å². The molecule has 2 aromatic carbocycles. The molecule has 3 N–H and O–H groups in total. The summed E-state index contributed by atoms with van der Waals surface area (Å²) in [5.41, 5.74) is 3.22. The summed E-state index contributed by atoms with van der Waals surface area (Å²) in [7, 11) is -3.82. The van der Waals surface area contributed by atoms with Crippen LogP contribution in [0.15, 0.2) is 45.8 Å². The van der Waals surface area contributed by atoms with Crippen LogP contribution >= 0.6 is 15.9 Å². The average Bonchev–Trinajstić information content (AvgIpc) is 3.31. The van der Waals surface area contributed by atoms with Gasteiger partial charge >= 0.3 is 0 Å². The highest BCUT2D eigenvalue weighted by Crippen LogP contribution is 2.48. The van der Waals surface area contributed by atoms with Crippen molar-refractivity contribution >= 4 is 37.5 Å². The molecule has 1 aliphatic carbocycles. The number of primary sulfonamides is 1. The lowest BCUT2D eigenvalue weighted by molar-refractivity contribution is -0.117. The number of carbonyl (C=O) groups excluding carboxylic acids is 1. The highest BCUT2D eigenvalue weighted by molar-refractivity contribution is 9.10. The van der Waals surface area contributed by atoms with Crippen molar-refractivity contribution < 1.29 is 13.2 Å². The van der Waals surface area contributed by atoms with Gasteiger partial charge in [0.25, 0.3) is 0 Å². The van der Waals surface area contributed by atoms with E-state index in [1.165, 1.54) is 12.1 Å². The third kappa shape index (κ3) is 3.94. The summed E-state index contributed by atoms with van der Waals surface area (Å²) in [4.78, 5) is 12.6. The van der Waals surface area contributed by atoms with Crippen molar-refractivity contribution in [2.45, 2.75) is 31.1 Å². The number of halogens is 1. The van der Waals surface area contributed by atoms with E-state index in [0.717, 1.165) is 27.6 Å². The second-order valence-corrected chi connectivity index (χ2v) is 8.93. The summed E-state index contributed by atoms with van der Waals surface area (Å²) in [6, 6.07) is 10.9. The van der Waals surface area contributed by atoms with Crippen molar-refractivity contribution in [3.05, 3.63) is 57.6 Å². The van der Waals surface area contributed by atoms with Gasteiger partial charge in [-0.05, 0) is 67.1 Å². The van der Waals surface area contributed by atoms with E-state index in [1.54, 1.807) is 6.92 Å². The largest absolute Gasteiger partial charge is 0.326 e. The number of nitrogens with two attached hydrogens (primary N) is 1. The van der Waals surface area contributed by atoms with Crippen molar-refractivity contribution in [2.75, 3.05) is 5.32 Å². The number of benzene rings is 2. The summed E-state index contributed by atoms with van der Waals surface area (Å²) < 4.78 is 24.2. The number of aryl methyl sites for hydroxylation is 1. The van der Waals surface area contributed by atoms with E-state index < -0.39 is 10.0 Å². The molecule has 1 saturated carbocycles. The Balaban J connectivity index is 1.79. The molecule has 132 valence electrons. The van der Waals surface area contributed by atoms with Crippen LogP contribution in [0.4, 0.5) is 5.69 Å². The van der Waals surface area contributed by atoms with Crippen molar-refractivity contribution in [1.29, 1.82) is 0 Å². The van der Waals surface area contributed by atoms with Crippen LogP contribution in [0.2, 0.25) is 0 Å². The Labute approximate surface area is 155 Å². The number of hydrogen-bond donors (Lipinski definition) is 2. The standard InChI is InChI=1S/C18H19BrN2O3S/c1-10-6-14(25(20,23)24)8-17(11(10)2)21-18(22)16-9-15(16)12-4-3-5-13(19)7-12/h3-8,15-16H,9H2,1-2H3,(H,21,22)(H2,20,23,24). The number of anilines is 1. The first-order valence-corrected chi connectivity index (χ1v) is 10.2. The molecule has 2 atom stereocenters. The number of rotatable bonds is 4. The molecule has 1 aliphatic rings. The van der Waals surface area contributed by atoms with Crippen LogP contribution in [0.1, 0.15) is 29.0 Å². The highest BCUT2D eigenvalue weighted by atomic mass is 79.9. The van der Waals surface area contributed by atoms with E-state index in [2.05, 4.69) is 21.2 Å². The van der Waals surface area contributed by atoms with Gasteiger partial charge in [0.1, 0.15) is 0 Å². The summed E-state index contributed by atoms with van der Waals surface area (Å²) in [5.74, 6) is -0.00785. The smallest absolute Gasteiger partial charge is 0.238 e. The first kappa shape index (κ1) is 18.1. The molecule has 1 fully saturated rings. The molecule has 2 unspecified atom stereocenters. The fourth-order valence-corrected chi connectivity index (χ4v) is 3.98. The van der Waals surface area contributed by atoms with Gasteiger partial charge in [0, 0.05) is 16.1 Å². The number of carbonyl (C=O) groups is 1. The van der Waals surface area contributed by atoms with Gasteiger partial charge in [-0.3, -0.25) is 4.79 Å². The van der Waals surface area contributed by atoms with Crippen LogP contribution in [0.25, 0.3) is 0 Å². The maximum absolute atomic E-state index is 12.6. The summed E-state index contributed by atoms with van der Waals surface area (Å²) in [6.45, 7) is 3.64. The first-order valence-electron chi connectivity index (χ1n) is 7.87. The fraction of sp³-hybridized carbons (Fsp3) is 0.278. The minimum Gasteiger partial charge on any atom is -0.326 e. The van der Waals surface area contributed by atoms with E-state index in [1.807, 2.05) is 31.2 Å². The van der Waals surface area contributed by atoms with Crippen LogP contribution in [0.5, 0.6) is 0 Å². The Morgan fingerprint density at radius 3 is 2.60 bits per heavy atom.